The van der Waals surface area contributed by atoms with E-state index < -0.39 is 5.60 Å². The van der Waals surface area contributed by atoms with E-state index in [9.17, 15) is 4.79 Å². The molecule has 1 aliphatic carbocycles. The number of ether oxygens (including phenoxy) is 2. The van der Waals surface area contributed by atoms with E-state index >= 15 is 0 Å². The lowest BCUT2D eigenvalue weighted by molar-refractivity contribution is -0.147. The highest BCUT2D eigenvalue weighted by Gasteiger charge is 2.42. The molecule has 1 saturated carbocycles. The van der Waals surface area contributed by atoms with Crippen LogP contribution in [-0.4, -0.2) is 24.7 Å². The Hall–Kier alpha value is -1.55. The van der Waals surface area contributed by atoms with Gasteiger partial charge < -0.3 is 14.8 Å². The van der Waals surface area contributed by atoms with Crippen molar-refractivity contribution >= 4 is 11.6 Å². The Bertz CT molecular complexity index is 510. The summed E-state index contributed by atoms with van der Waals surface area (Å²) in [7, 11) is 0. The van der Waals surface area contributed by atoms with Crippen molar-refractivity contribution in [2.45, 2.75) is 64.9 Å². The quantitative estimate of drug-likeness (QED) is 0.696. The molecule has 0 aromatic heterocycles. The van der Waals surface area contributed by atoms with E-state index in [2.05, 4.69) is 19.2 Å². The third kappa shape index (κ3) is 4.97. The lowest BCUT2D eigenvalue weighted by Gasteiger charge is -2.38. The van der Waals surface area contributed by atoms with Gasteiger partial charge in [-0.3, -0.25) is 4.79 Å². The van der Waals surface area contributed by atoms with Gasteiger partial charge >= 0.3 is 0 Å². The summed E-state index contributed by atoms with van der Waals surface area (Å²) >= 11 is 0. The summed E-state index contributed by atoms with van der Waals surface area (Å²) in [4.78, 5) is 12.9. The maximum Gasteiger partial charge on any atom is 0.256 e. The lowest BCUT2D eigenvalue weighted by atomic mass is 9.78. The Kier molecular flexibility index (Phi) is 7.10. The van der Waals surface area contributed by atoms with Gasteiger partial charge in [0, 0.05) is 12.3 Å². The minimum Gasteiger partial charge on any atom is -0.494 e. The van der Waals surface area contributed by atoms with Crippen LogP contribution in [0.25, 0.3) is 0 Å². The standard InChI is InChI=1S/C20H31NO3/c1-4-6-14-23-18-11-9-17(10-12-18)21-19(22)20(24-5-2)13-7-8-16(3)15-20/h9-12,16H,4-8,13-15H2,1-3H3,(H,21,22)/t16-,20-/m1/s1. The molecule has 1 aromatic rings. The predicted molar refractivity (Wildman–Crippen MR) is 97.5 cm³/mol. The van der Waals surface area contributed by atoms with Gasteiger partial charge in [0.05, 0.1) is 6.61 Å². The van der Waals surface area contributed by atoms with E-state index in [4.69, 9.17) is 9.47 Å². The van der Waals surface area contributed by atoms with Gasteiger partial charge in [-0.25, -0.2) is 0 Å². The van der Waals surface area contributed by atoms with Crippen molar-refractivity contribution < 1.29 is 14.3 Å². The molecule has 0 heterocycles. The number of hydrogen-bond donors (Lipinski definition) is 1. The van der Waals surface area contributed by atoms with E-state index in [1.807, 2.05) is 31.2 Å². The van der Waals surface area contributed by atoms with Gasteiger partial charge in [-0.15, -0.1) is 0 Å². The van der Waals surface area contributed by atoms with Gasteiger partial charge in [0.15, 0.2) is 0 Å². The van der Waals surface area contributed by atoms with E-state index in [1.165, 1.54) is 6.42 Å². The van der Waals surface area contributed by atoms with E-state index in [1.54, 1.807) is 0 Å². The first kappa shape index (κ1) is 18.8. The fourth-order valence-corrected chi connectivity index (χ4v) is 3.40. The highest BCUT2D eigenvalue weighted by atomic mass is 16.5. The maximum atomic E-state index is 12.9. The topological polar surface area (TPSA) is 47.6 Å². The SMILES string of the molecule is CCCCOc1ccc(NC(=O)[C@@]2(OCC)CCC[C@@H](C)C2)cc1. The third-order valence-corrected chi connectivity index (χ3v) is 4.67. The van der Waals surface area contributed by atoms with Crippen molar-refractivity contribution in [3.63, 3.8) is 0 Å². The van der Waals surface area contributed by atoms with Crippen LogP contribution in [0.4, 0.5) is 5.69 Å². The number of rotatable bonds is 8. The first-order chi connectivity index (χ1) is 11.6. The lowest BCUT2D eigenvalue weighted by Crippen LogP contribution is -2.48. The van der Waals surface area contributed by atoms with Crippen LogP contribution >= 0.6 is 0 Å². The fourth-order valence-electron chi connectivity index (χ4n) is 3.40. The van der Waals surface area contributed by atoms with E-state index in [0.29, 0.717) is 12.5 Å². The largest absolute Gasteiger partial charge is 0.494 e. The van der Waals surface area contributed by atoms with Crippen molar-refractivity contribution in [2.75, 3.05) is 18.5 Å². The number of carbonyl (C=O) groups excluding carboxylic acids is 1. The Morgan fingerprint density at radius 2 is 2.04 bits per heavy atom. The molecule has 0 saturated heterocycles. The number of carbonyl (C=O) groups is 1. The molecule has 1 N–H and O–H groups in total. The summed E-state index contributed by atoms with van der Waals surface area (Å²) in [5, 5.41) is 3.03. The number of unbranched alkanes of at least 4 members (excludes halogenated alkanes) is 1. The van der Waals surface area contributed by atoms with Gasteiger partial charge in [0.2, 0.25) is 0 Å². The van der Waals surface area contributed by atoms with Crippen LogP contribution in [0.5, 0.6) is 5.75 Å². The summed E-state index contributed by atoms with van der Waals surface area (Å²) in [6.45, 7) is 7.58. The molecule has 2 rings (SSSR count). The Labute approximate surface area is 145 Å². The minimum absolute atomic E-state index is 0.0180. The Morgan fingerprint density at radius 3 is 2.67 bits per heavy atom. The van der Waals surface area contributed by atoms with Crippen LogP contribution in [0.2, 0.25) is 0 Å². The number of anilines is 1. The summed E-state index contributed by atoms with van der Waals surface area (Å²) in [5.74, 6) is 1.34. The molecule has 1 fully saturated rings. The van der Waals surface area contributed by atoms with Crippen molar-refractivity contribution in [3.8, 4) is 5.75 Å². The summed E-state index contributed by atoms with van der Waals surface area (Å²) in [6, 6.07) is 7.60. The monoisotopic (exact) mass is 333 g/mol. The second-order valence-electron chi connectivity index (χ2n) is 6.81. The van der Waals surface area contributed by atoms with Gasteiger partial charge in [0.1, 0.15) is 11.4 Å². The maximum absolute atomic E-state index is 12.9. The Balaban J connectivity index is 1.98. The molecule has 2 atom stereocenters. The highest BCUT2D eigenvalue weighted by Crippen LogP contribution is 2.36. The zero-order valence-electron chi connectivity index (χ0n) is 15.3. The molecule has 1 amide bonds. The van der Waals surface area contributed by atoms with Gasteiger partial charge in [-0.1, -0.05) is 26.7 Å². The summed E-state index contributed by atoms with van der Waals surface area (Å²) in [6.07, 6.45) is 5.98. The van der Waals surface area contributed by atoms with Crippen LogP contribution < -0.4 is 10.1 Å². The first-order valence-electron chi connectivity index (χ1n) is 9.28. The number of benzene rings is 1. The fraction of sp³-hybridized carbons (Fsp3) is 0.650. The number of hydrogen-bond acceptors (Lipinski definition) is 3. The molecule has 24 heavy (non-hydrogen) atoms. The molecule has 0 spiro atoms. The van der Waals surface area contributed by atoms with Crippen LogP contribution in [0.15, 0.2) is 24.3 Å². The zero-order valence-corrected chi connectivity index (χ0v) is 15.3. The van der Waals surface area contributed by atoms with Crippen LogP contribution in [-0.2, 0) is 9.53 Å². The van der Waals surface area contributed by atoms with Crippen LogP contribution in [0.3, 0.4) is 0 Å². The molecule has 4 heteroatoms. The van der Waals surface area contributed by atoms with Crippen LogP contribution in [0, 0.1) is 5.92 Å². The summed E-state index contributed by atoms with van der Waals surface area (Å²) < 4.78 is 11.6. The average molecular weight is 333 g/mol. The van der Waals surface area contributed by atoms with Crippen molar-refractivity contribution in [2.24, 2.45) is 5.92 Å². The van der Waals surface area contributed by atoms with Crippen molar-refractivity contribution in [3.05, 3.63) is 24.3 Å². The van der Waals surface area contributed by atoms with E-state index in [-0.39, 0.29) is 5.91 Å². The zero-order chi connectivity index (χ0) is 17.4. The molecule has 0 unspecified atom stereocenters. The smallest absolute Gasteiger partial charge is 0.256 e. The molecule has 134 valence electrons. The molecule has 0 aliphatic heterocycles. The second-order valence-corrected chi connectivity index (χ2v) is 6.81. The molecule has 1 aromatic carbocycles. The van der Waals surface area contributed by atoms with Gasteiger partial charge in [-0.05, 0) is 62.8 Å². The minimum atomic E-state index is -0.678. The summed E-state index contributed by atoms with van der Waals surface area (Å²) in [5.41, 5.74) is 0.114. The van der Waals surface area contributed by atoms with Crippen molar-refractivity contribution in [1.29, 1.82) is 0 Å². The van der Waals surface area contributed by atoms with Crippen molar-refractivity contribution in [1.82, 2.24) is 0 Å². The third-order valence-electron chi connectivity index (χ3n) is 4.67. The molecular formula is C20H31NO3. The highest BCUT2D eigenvalue weighted by molar-refractivity contribution is 5.97. The van der Waals surface area contributed by atoms with E-state index in [0.717, 1.165) is 50.1 Å². The van der Waals surface area contributed by atoms with Crippen LogP contribution in [0.1, 0.15) is 59.3 Å². The second kappa shape index (κ2) is 9.07. The molecule has 0 radical (unpaired) electrons. The number of amides is 1. The molecule has 0 bridgehead atoms. The normalized spacial score (nSPS) is 23.7. The molecular weight excluding hydrogens is 302 g/mol. The molecule has 4 nitrogen and oxygen atoms in total. The average Bonchev–Trinajstić information content (AvgIpc) is 2.57. The van der Waals surface area contributed by atoms with Gasteiger partial charge in [-0.2, -0.15) is 0 Å². The predicted octanol–water partition coefficient (Wildman–Crippen LogP) is 4.79. The molecule has 1 aliphatic rings. The number of nitrogens with one attached hydrogen (secondary N) is 1. The first-order valence-corrected chi connectivity index (χ1v) is 9.28. The Morgan fingerprint density at radius 1 is 1.29 bits per heavy atom. The van der Waals surface area contributed by atoms with Gasteiger partial charge in [0.25, 0.3) is 5.91 Å².